The number of hydrogen-bond acceptors (Lipinski definition) is 0. The standard InChI is InChI=1S/C16H30.C14H26.C12H22.C11H20.C11H22.2C6H11F3.C3H8.C2H6/c1-13-6-8-16(9-7-13)11-14(2,3)10-15(4,5)12-16;1-12-4-6-14(7-5-12)10-8-13(2,3)9-11-14;1-11-5-9-12(10-6-11)7-3-2-4-8-12;1-10-4-8-11(9-5-10)6-2-3-7-11;1-9-6-10(2,3)8-11(4,5)7-9;2*1-3-5(2)4-6(7,8)9;1-3-2;1-2/h13H,6-12H2,1-5H3;12H,4-11H2,1-3H3;11H,2-10H2,1H3;10H,2-9H2,1H3;9H,6-8H2,1-5H3;2*5H,3-4H2,1-2H3;3H2,1-2H3;1-2H3/t;;;;;2*5-;;/m.....00../s1. The van der Waals surface area contributed by atoms with E-state index in [0.29, 0.717) is 45.3 Å². The fraction of sp³-hybridized carbons (Fsp3) is 1.00. The van der Waals surface area contributed by atoms with Crippen LogP contribution in [0.2, 0.25) is 0 Å². The molecule has 87 heavy (non-hydrogen) atoms. The predicted octanol–water partition coefficient (Wildman–Crippen LogP) is 30.4. The molecule has 0 aromatic carbocycles. The van der Waals surface area contributed by atoms with Crippen LogP contribution < -0.4 is 0 Å². The Morgan fingerprint density at radius 3 is 0.793 bits per heavy atom. The molecule has 4 spiro atoms. The first-order valence-corrected chi connectivity index (χ1v) is 38.1. The zero-order chi connectivity index (χ0) is 66.8. The maximum Gasteiger partial charge on any atom is 0.389 e. The van der Waals surface area contributed by atoms with Crippen molar-refractivity contribution in [1.29, 1.82) is 0 Å². The Kier molecular flexibility index (Phi) is 37.2. The molecule has 0 saturated heterocycles. The van der Waals surface area contributed by atoms with E-state index in [2.05, 4.69) is 118 Å². The van der Waals surface area contributed by atoms with Crippen LogP contribution in [-0.2, 0) is 0 Å². The summed E-state index contributed by atoms with van der Waals surface area (Å²) < 4.78 is 69.0. The molecule has 0 amide bonds. The first kappa shape index (κ1) is 84.6. The summed E-state index contributed by atoms with van der Waals surface area (Å²) in [7, 11) is 0. The molecule has 0 nitrogen and oxygen atoms in total. The maximum absolute atomic E-state index is 11.5. The highest BCUT2D eigenvalue weighted by atomic mass is 19.4. The molecule has 0 unspecified atom stereocenters. The van der Waals surface area contributed by atoms with Gasteiger partial charge in [-0.1, -0.05) is 262 Å². The molecule has 9 aliphatic rings. The van der Waals surface area contributed by atoms with Crippen molar-refractivity contribution in [3.05, 3.63) is 0 Å². The molecule has 0 aromatic rings. The summed E-state index contributed by atoms with van der Waals surface area (Å²) in [6.07, 6.45) is 45.9. The normalized spacial score (nSPS) is 26.7. The van der Waals surface area contributed by atoms with Gasteiger partial charge in [0, 0.05) is 12.8 Å². The molecular weight excluding hydrogens is 1090 g/mol. The van der Waals surface area contributed by atoms with Crippen LogP contribution in [0.4, 0.5) is 26.3 Å². The van der Waals surface area contributed by atoms with Crippen molar-refractivity contribution in [1.82, 2.24) is 0 Å². The fourth-order valence-corrected chi connectivity index (χ4v) is 19.2. The molecule has 0 heterocycles. The molecule has 9 aliphatic carbocycles. The fourth-order valence-electron chi connectivity index (χ4n) is 19.2. The van der Waals surface area contributed by atoms with E-state index in [4.69, 9.17) is 0 Å². The molecule has 9 rings (SSSR count). The summed E-state index contributed by atoms with van der Waals surface area (Å²) in [5, 5.41) is 0. The van der Waals surface area contributed by atoms with Gasteiger partial charge in [0.15, 0.2) is 0 Å². The van der Waals surface area contributed by atoms with Crippen LogP contribution in [0.3, 0.4) is 0 Å². The number of hydrogen-bond donors (Lipinski definition) is 0. The van der Waals surface area contributed by atoms with Crippen LogP contribution in [0.15, 0.2) is 0 Å². The van der Waals surface area contributed by atoms with Gasteiger partial charge in [-0.15, -0.1) is 0 Å². The van der Waals surface area contributed by atoms with Gasteiger partial charge in [0.25, 0.3) is 0 Å². The highest BCUT2D eigenvalue weighted by molar-refractivity contribution is 4.99. The molecule has 0 aromatic heterocycles. The highest BCUT2D eigenvalue weighted by Gasteiger charge is 2.48. The van der Waals surface area contributed by atoms with E-state index in [1.165, 1.54) is 180 Å². The Morgan fingerprint density at radius 2 is 0.552 bits per heavy atom. The van der Waals surface area contributed by atoms with Crippen molar-refractivity contribution in [2.75, 3.05) is 0 Å². The zero-order valence-electron chi connectivity index (χ0n) is 63.1. The average Bonchev–Trinajstić information content (AvgIpc) is 1.97. The third-order valence-electron chi connectivity index (χ3n) is 23.6. The van der Waals surface area contributed by atoms with Crippen LogP contribution in [0.1, 0.15) is 416 Å². The van der Waals surface area contributed by atoms with Gasteiger partial charge in [0.1, 0.15) is 0 Å². The molecule has 0 N–H and O–H groups in total. The smallest absolute Gasteiger partial charge is 0.171 e. The molecule has 6 heteroatoms. The van der Waals surface area contributed by atoms with Gasteiger partial charge in [-0.2, -0.15) is 26.3 Å². The van der Waals surface area contributed by atoms with Crippen LogP contribution in [0, 0.1) is 90.2 Å². The molecule has 522 valence electrons. The Hall–Kier alpha value is -0.420. The Balaban J connectivity index is 0.000000505. The highest BCUT2D eigenvalue weighted by Crippen LogP contribution is 2.60. The summed E-state index contributed by atoms with van der Waals surface area (Å²) in [5.41, 5.74) is 6.15. The van der Waals surface area contributed by atoms with Gasteiger partial charge in [-0.3, -0.25) is 0 Å². The quantitative estimate of drug-likeness (QED) is 0.246. The lowest BCUT2D eigenvalue weighted by Gasteiger charge is -2.54. The van der Waals surface area contributed by atoms with Crippen molar-refractivity contribution in [3.8, 4) is 0 Å². The summed E-state index contributed by atoms with van der Waals surface area (Å²) >= 11 is 0. The third-order valence-corrected chi connectivity index (χ3v) is 23.6. The summed E-state index contributed by atoms with van der Waals surface area (Å²) in [4.78, 5) is 0. The van der Waals surface area contributed by atoms with Gasteiger partial charge in [0.2, 0.25) is 0 Å². The molecule has 0 bridgehead atoms. The molecule has 9 saturated carbocycles. The second kappa shape index (κ2) is 38.2. The number of halogens is 6. The largest absolute Gasteiger partial charge is 0.389 e. The van der Waals surface area contributed by atoms with E-state index in [1.54, 1.807) is 79.1 Å². The van der Waals surface area contributed by atoms with E-state index in [1.807, 2.05) is 13.8 Å². The topological polar surface area (TPSA) is 0 Å². The minimum Gasteiger partial charge on any atom is -0.171 e. The first-order valence-electron chi connectivity index (χ1n) is 38.1. The summed E-state index contributed by atoms with van der Waals surface area (Å²) in [5.74, 6) is 4.51. The second-order valence-electron chi connectivity index (χ2n) is 36.9. The van der Waals surface area contributed by atoms with Gasteiger partial charge in [-0.05, 0) is 231 Å². The number of rotatable bonds is 4. The first-order chi connectivity index (χ1) is 40.0. The monoisotopic (exact) mass is 1240 g/mol. The maximum atomic E-state index is 11.5. The lowest BCUT2D eigenvalue weighted by atomic mass is 9.51. The van der Waals surface area contributed by atoms with E-state index in [0.717, 1.165) is 45.8 Å². The van der Waals surface area contributed by atoms with E-state index in [9.17, 15) is 26.3 Å². The van der Waals surface area contributed by atoms with Crippen LogP contribution >= 0.6 is 0 Å². The molecule has 0 radical (unpaired) electrons. The van der Waals surface area contributed by atoms with Crippen molar-refractivity contribution in [2.45, 2.75) is 428 Å². The van der Waals surface area contributed by atoms with Gasteiger partial charge in [-0.25, -0.2) is 0 Å². The van der Waals surface area contributed by atoms with Crippen LogP contribution in [0.5, 0.6) is 0 Å². The lowest BCUT2D eigenvalue weighted by Crippen LogP contribution is -2.43. The van der Waals surface area contributed by atoms with Gasteiger partial charge in [0.05, 0.1) is 0 Å². The Labute approximate surface area is 542 Å². The molecule has 2 atom stereocenters. The SMILES string of the molecule is CC.CC1CC(C)(C)CC(C)(C)C1.CC1CCC2(CC1)CC(C)(C)CC(C)(C)C2.CC1CCC2(CC1)CCC(C)(C)CC2.CC1CCC2(CCCC2)CC1.CC1CCC2(CCCCC2)CC1.CCC.CC[C@H](C)CC(F)(F)F.CC[C@H](C)CC(F)(F)F. The lowest BCUT2D eigenvalue weighted by molar-refractivity contribution is -0.144. The minimum atomic E-state index is -3.98. The van der Waals surface area contributed by atoms with E-state index >= 15 is 0 Å². The van der Waals surface area contributed by atoms with E-state index in [-0.39, 0.29) is 11.8 Å². The average molecular weight is 1240 g/mol. The van der Waals surface area contributed by atoms with Crippen molar-refractivity contribution < 1.29 is 26.3 Å². The Bertz CT molecular complexity index is 1640. The Morgan fingerprint density at radius 1 is 0.310 bits per heavy atom. The van der Waals surface area contributed by atoms with Crippen molar-refractivity contribution in [2.24, 2.45) is 90.2 Å². The minimum absolute atomic E-state index is 0.231. The van der Waals surface area contributed by atoms with Crippen LogP contribution in [-0.4, -0.2) is 12.4 Å². The van der Waals surface area contributed by atoms with Gasteiger partial charge < -0.3 is 0 Å². The van der Waals surface area contributed by atoms with E-state index < -0.39 is 25.2 Å². The summed E-state index contributed by atoms with van der Waals surface area (Å²) in [6.45, 7) is 51.6. The predicted molar refractivity (Wildman–Crippen MR) is 374 cm³/mol. The molecular formula is C81H156F6. The van der Waals surface area contributed by atoms with Crippen molar-refractivity contribution in [3.63, 3.8) is 0 Å². The molecule has 0 aliphatic heterocycles. The van der Waals surface area contributed by atoms with Crippen molar-refractivity contribution >= 4 is 0 Å². The molecule has 9 fully saturated rings. The van der Waals surface area contributed by atoms with Gasteiger partial charge >= 0.3 is 12.4 Å². The number of alkyl halides is 6. The zero-order valence-corrected chi connectivity index (χ0v) is 63.1. The third kappa shape index (κ3) is 36.2. The summed E-state index contributed by atoms with van der Waals surface area (Å²) in [6, 6.07) is 0. The van der Waals surface area contributed by atoms with Crippen LogP contribution in [0.25, 0.3) is 0 Å². The second-order valence-corrected chi connectivity index (χ2v) is 36.9.